The van der Waals surface area contributed by atoms with Crippen molar-refractivity contribution in [3.8, 4) is 0 Å². The van der Waals surface area contributed by atoms with Gasteiger partial charge in [-0.25, -0.2) is 4.98 Å². The van der Waals surface area contributed by atoms with E-state index in [1.807, 2.05) is 6.92 Å². The Morgan fingerprint density at radius 1 is 1.47 bits per heavy atom. The summed E-state index contributed by atoms with van der Waals surface area (Å²) in [6.45, 7) is 8.58. The van der Waals surface area contributed by atoms with Crippen LogP contribution in [0.2, 0.25) is 0 Å². The molecule has 15 heavy (non-hydrogen) atoms. The van der Waals surface area contributed by atoms with E-state index in [1.54, 1.807) is 11.3 Å². The Morgan fingerprint density at radius 2 is 2.13 bits per heavy atom. The van der Waals surface area contributed by atoms with Crippen LogP contribution in [0.1, 0.15) is 19.5 Å². The molecule has 86 valence electrons. The number of aromatic nitrogens is 1. The van der Waals surface area contributed by atoms with Crippen LogP contribution in [-0.4, -0.2) is 37.1 Å². The van der Waals surface area contributed by atoms with Crippen molar-refractivity contribution in [3.05, 3.63) is 11.1 Å². The molecule has 0 radical (unpaired) electrons. The molecule has 0 saturated heterocycles. The Bertz CT molecular complexity index is 305. The predicted octanol–water partition coefficient (Wildman–Crippen LogP) is 2.45. The third-order valence-corrected chi connectivity index (χ3v) is 3.00. The van der Waals surface area contributed by atoms with Crippen molar-refractivity contribution in [2.75, 3.05) is 32.5 Å². The third-order valence-electron chi connectivity index (χ3n) is 2.08. The van der Waals surface area contributed by atoms with Gasteiger partial charge in [-0.3, -0.25) is 0 Å². The summed E-state index contributed by atoms with van der Waals surface area (Å²) in [7, 11) is 4.21. The van der Waals surface area contributed by atoms with E-state index in [0.29, 0.717) is 0 Å². The average Bonchev–Trinajstić information content (AvgIpc) is 2.46. The third kappa shape index (κ3) is 4.62. The van der Waals surface area contributed by atoms with Crippen molar-refractivity contribution in [2.45, 2.75) is 20.8 Å². The molecule has 0 spiro atoms. The lowest BCUT2D eigenvalue weighted by molar-refractivity contribution is 0.254. The van der Waals surface area contributed by atoms with Gasteiger partial charge in [0.05, 0.1) is 5.69 Å². The second kappa shape index (κ2) is 4.94. The van der Waals surface area contributed by atoms with Gasteiger partial charge < -0.3 is 10.2 Å². The first-order valence-electron chi connectivity index (χ1n) is 5.20. The summed E-state index contributed by atoms with van der Waals surface area (Å²) in [5.74, 6) is 0. The zero-order chi connectivity index (χ0) is 11.5. The summed E-state index contributed by atoms with van der Waals surface area (Å²) in [4.78, 5) is 6.60. The van der Waals surface area contributed by atoms with Crippen LogP contribution in [0.4, 0.5) is 5.13 Å². The van der Waals surface area contributed by atoms with E-state index >= 15 is 0 Å². The molecule has 3 nitrogen and oxygen atoms in total. The van der Waals surface area contributed by atoms with Crippen LogP contribution in [0.15, 0.2) is 5.38 Å². The lowest BCUT2D eigenvalue weighted by Crippen LogP contribution is -2.34. The Hall–Kier alpha value is -0.610. The lowest BCUT2D eigenvalue weighted by atomic mass is 9.93. The van der Waals surface area contributed by atoms with E-state index in [9.17, 15) is 0 Å². The van der Waals surface area contributed by atoms with Crippen molar-refractivity contribution >= 4 is 16.5 Å². The topological polar surface area (TPSA) is 28.2 Å². The van der Waals surface area contributed by atoms with Gasteiger partial charge in [0.2, 0.25) is 0 Å². The Balaban J connectivity index is 2.42. The van der Waals surface area contributed by atoms with E-state index in [-0.39, 0.29) is 5.41 Å². The molecule has 0 aromatic carbocycles. The fraction of sp³-hybridized carbons (Fsp3) is 0.727. The van der Waals surface area contributed by atoms with Crippen LogP contribution in [0.5, 0.6) is 0 Å². The van der Waals surface area contributed by atoms with E-state index in [2.05, 4.69) is 48.5 Å². The SMILES string of the molecule is Cc1csc(NCC(C)(C)CN(C)C)n1. The molecule has 1 rings (SSSR count). The Morgan fingerprint density at radius 3 is 2.60 bits per heavy atom. The molecule has 1 aromatic heterocycles. The molecule has 0 aliphatic heterocycles. The summed E-state index contributed by atoms with van der Waals surface area (Å²) in [5.41, 5.74) is 1.36. The van der Waals surface area contributed by atoms with E-state index in [0.717, 1.165) is 23.9 Å². The van der Waals surface area contributed by atoms with Gasteiger partial charge in [0.25, 0.3) is 0 Å². The number of hydrogen-bond acceptors (Lipinski definition) is 4. The highest BCUT2D eigenvalue weighted by atomic mass is 32.1. The number of thiazole rings is 1. The zero-order valence-corrected chi connectivity index (χ0v) is 11.1. The van der Waals surface area contributed by atoms with E-state index in [4.69, 9.17) is 0 Å². The van der Waals surface area contributed by atoms with Gasteiger partial charge in [-0.15, -0.1) is 11.3 Å². The second-order valence-corrected chi connectivity index (χ2v) is 5.91. The molecule has 1 aromatic rings. The minimum absolute atomic E-state index is 0.267. The maximum atomic E-state index is 4.39. The molecule has 0 aliphatic rings. The van der Waals surface area contributed by atoms with Crippen molar-refractivity contribution in [2.24, 2.45) is 5.41 Å². The normalized spacial score (nSPS) is 12.1. The molecule has 0 unspecified atom stereocenters. The number of nitrogens with zero attached hydrogens (tertiary/aromatic N) is 2. The first kappa shape index (κ1) is 12.5. The standard InChI is InChI=1S/C11H21N3S/c1-9-6-15-10(13-9)12-7-11(2,3)8-14(4)5/h6H,7-8H2,1-5H3,(H,12,13). The molecule has 0 bridgehead atoms. The molecule has 0 aliphatic carbocycles. The summed E-state index contributed by atoms with van der Waals surface area (Å²) in [6.07, 6.45) is 0. The number of rotatable bonds is 5. The van der Waals surface area contributed by atoms with Gasteiger partial charge in [-0.2, -0.15) is 0 Å². The first-order valence-corrected chi connectivity index (χ1v) is 6.08. The largest absolute Gasteiger partial charge is 0.361 e. The highest BCUT2D eigenvalue weighted by molar-refractivity contribution is 7.13. The molecule has 4 heteroatoms. The van der Waals surface area contributed by atoms with E-state index in [1.165, 1.54) is 0 Å². The summed E-state index contributed by atoms with van der Waals surface area (Å²) in [5, 5.41) is 6.49. The van der Waals surface area contributed by atoms with Crippen LogP contribution in [0.25, 0.3) is 0 Å². The van der Waals surface area contributed by atoms with Crippen molar-refractivity contribution < 1.29 is 0 Å². The fourth-order valence-electron chi connectivity index (χ4n) is 1.66. The number of nitrogens with one attached hydrogen (secondary N) is 1. The average molecular weight is 227 g/mol. The van der Waals surface area contributed by atoms with Crippen LogP contribution < -0.4 is 5.32 Å². The molecular formula is C11H21N3S. The smallest absolute Gasteiger partial charge is 0.182 e. The van der Waals surface area contributed by atoms with Crippen LogP contribution in [0.3, 0.4) is 0 Å². The van der Waals surface area contributed by atoms with Gasteiger partial charge in [-0.05, 0) is 26.4 Å². The van der Waals surface area contributed by atoms with E-state index < -0.39 is 0 Å². The predicted molar refractivity (Wildman–Crippen MR) is 67.7 cm³/mol. The molecular weight excluding hydrogens is 206 g/mol. The molecule has 1 heterocycles. The van der Waals surface area contributed by atoms with Gasteiger partial charge in [0, 0.05) is 18.5 Å². The molecule has 0 saturated carbocycles. The van der Waals surface area contributed by atoms with Crippen molar-refractivity contribution in [1.82, 2.24) is 9.88 Å². The molecule has 0 fully saturated rings. The number of hydrogen-bond donors (Lipinski definition) is 1. The first-order chi connectivity index (χ1) is 6.89. The maximum absolute atomic E-state index is 4.39. The Labute approximate surface area is 96.5 Å². The van der Waals surface area contributed by atoms with Crippen molar-refractivity contribution in [3.63, 3.8) is 0 Å². The lowest BCUT2D eigenvalue weighted by Gasteiger charge is -2.28. The minimum atomic E-state index is 0.267. The Kier molecular flexibility index (Phi) is 4.11. The number of anilines is 1. The number of aryl methyl sites for hydroxylation is 1. The van der Waals surface area contributed by atoms with Crippen LogP contribution in [-0.2, 0) is 0 Å². The highest BCUT2D eigenvalue weighted by Gasteiger charge is 2.18. The summed E-state index contributed by atoms with van der Waals surface area (Å²) in [6, 6.07) is 0. The summed E-state index contributed by atoms with van der Waals surface area (Å²) >= 11 is 1.67. The van der Waals surface area contributed by atoms with Crippen LogP contribution in [0, 0.1) is 12.3 Å². The van der Waals surface area contributed by atoms with Gasteiger partial charge in [0.15, 0.2) is 5.13 Å². The minimum Gasteiger partial charge on any atom is -0.361 e. The van der Waals surface area contributed by atoms with Crippen molar-refractivity contribution in [1.29, 1.82) is 0 Å². The highest BCUT2D eigenvalue weighted by Crippen LogP contribution is 2.20. The van der Waals surface area contributed by atoms with Gasteiger partial charge in [-0.1, -0.05) is 13.8 Å². The fourth-order valence-corrected chi connectivity index (χ4v) is 2.35. The van der Waals surface area contributed by atoms with Gasteiger partial charge in [0.1, 0.15) is 0 Å². The zero-order valence-electron chi connectivity index (χ0n) is 10.3. The quantitative estimate of drug-likeness (QED) is 0.837. The molecule has 0 atom stereocenters. The van der Waals surface area contributed by atoms with Crippen LogP contribution >= 0.6 is 11.3 Å². The van der Waals surface area contributed by atoms with Gasteiger partial charge >= 0.3 is 0 Å². The summed E-state index contributed by atoms with van der Waals surface area (Å²) < 4.78 is 0. The molecule has 1 N–H and O–H groups in total. The second-order valence-electron chi connectivity index (χ2n) is 5.05. The monoisotopic (exact) mass is 227 g/mol. The maximum Gasteiger partial charge on any atom is 0.182 e. The molecule has 0 amide bonds.